The van der Waals surface area contributed by atoms with Crippen LogP contribution in [0.25, 0.3) is 0 Å². The summed E-state index contributed by atoms with van der Waals surface area (Å²) >= 11 is 1.65. The fourth-order valence-corrected chi connectivity index (χ4v) is 4.78. The Morgan fingerprint density at radius 3 is 2.81 bits per heavy atom. The molecule has 1 saturated heterocycles. The molecule has 4 rings (SSSR count). The first-order chi connectivity index (χ1) is 12.7. The van der Waals surface area contributed by atoms with Gasteiger partial charge >= 0.3 is 6.03 Å². The minimum absolute atomic E-state index is 0.0206. The number of aromatic nitrogens is 2. The van der Waals surface area contributed by atoms with Gasteiger partial charge < -0.3 is 4.90 Å². The molecule has 1 aliphatic heterocycles. The SMILES string of the molecule is CC1CCc2nc(NC(=O)N3CCN(Cc4ccncc4)CC3)sc2C1. The molecule has 138 valence electrons. The van der Waals surface area contributed by atoms with E-state index in [1.807, 2.05) is 29.4 Å². The third kappa shape index (κ3) is 4.04. The summed E-state index contributed by atoms with van der Waals surface area (Å²) in [6, 6.07) is 4.07. The summed E-state index contributed by atoms with van der Waals surface area (Å²) in [5.41, 5.74) is 2.45. The molecule has 1 unspecified atom stereocenters. The van der Waals surface area contributed by atoms with Crippen LogP contribution in [-0.4, -0.2) is 52.0 Å². The van der Waals surface area contributed by atoms with Crippen LogP contribution < -0.4 is 5.32 Å². The first kappa shape index (κ1) is 17.4. The van der Waals surface area contributed by atoms with Gasteiger partial charge in [-0.3, -0.25) is 15.2 Å². The zero-order valence-electron chi connectivity index (χ0n) is 15.1. The number of pyridine rings is 1. The van der Waals surface area contributed by atoms with E-state index >= 15 is 0 Å². The first-order valence-corrected chi connectivity index (χ1v) is 10.1. The smallest absolute Gasteiger partial charge is 0.322 e. The Bertz CT molecular complexity index is 755. The number of nitrogens with zero attached hydrogens (tertiary/aromatic N) is 4. The molecule has 6 nitrogen and oxygen atoms in total. The van der Waals surface area contributed by atoms with Gasteiger partial charge in [-0.1, -0.05) is 6.92 Å². The lowest BCUT2D eigenvalue weighted by atomic mass is 9.93. The van der Waals surface area contributed by atoms with Crippen molar-refractivity contribution < 1.29 is 4.79 Å². The van der Waals surface area contributed by atoms with Crippen LogP contribution in [0.3, 0.4) is 0 Å². The predicted molar refractivity (Wildman–Crippen MR) is 103 cm³/mol. The summed E-state index contributed by atoms with van der Waals surface area (Å²) in [6.45, 7) is 6.48. The van der Waals surface area contributed by atoms with E-state index in [4.69, 9.17) is 0 Å². The van der Waals surface area contributed by atoms with Gasteiger partial charge in [0.25, 0.3) is 0 Å². The van der Waals surface area contributed by atoms with Crippen molar-refractivity contribution in [1.29, 1.82) is 0 Å². The quantitative estimate of drug-likeness (QED) is 0.901. The number of amides is 2. The molecule has 1 N–H and O–H groups in total. The van der Waals surface area contributed by atoms with Gasteiger partial charge in [0.15, 0.2) is 5.13 Å². The van der Waals surface area contributed by atoms with E-state index < -0.39 is 0 Å². The van der Waals surface area contributed by atoms with Crippen molar-refractivity contribution in [3.8, 4) is 0 Å². The molecule has 2 aliphatic rings. The minimum atomic E-state index is -0.0206. The summed E-state index contributed by atoms with van der Waals surface area (Å²) in [6.07, 6.45) is 6.98. The van der Waals surface area contributed by atoms with Gasteiger partial charge in [-0.25, -0.2) is 9.78 Å². The number of aryl methyl sites for hydroxylation is 1. The molecule has 2 amide bonds. The largest absolute Gasteiger partial charge is 0.323 e. The Kier molecular flexibility index (Phi) is 5.17. The van der Waals surface area contributed by atoms with Crippen LogP contribution in [0.5, 0.6) is 0 Å². The van der Waals surface area contributed by atoms with Crippen LogP contribution in [0, 0.1) is 5.92 Å². The molecule has 7 heteroatoms. The molecule has 0 bridgehead atoms. The number of fused-ring (bicyclic) bond motifs is 1. The normalized spacial score (nSPS) is 20.7. The van der Waals surface area contributed by atoms with Crippen molar-refractivity contribution in [2.75, 3.05) is 31.5 Å². The second-order valence-corrected chi connectivity index (χ2v) is 8.37. The molecule has 1 atom stereocenters. The second kappa shape index (κ2) is 7.72. The van der Waals surface area contributed by atoms with Crippen molar-refractivity contribution in [1.82, 2.24) is 19.8 Å². The summed E-state index contributed by atoms with van der Waals surface area (Å²) in [5, 5.41) is 3.77. The fourth-order valence-electron chi connectivity index (χ4n) is 3.62. The van der Waals surface area contributed by atoms with Crippen LogP contribution in [0.4, 0.5) is 9.93 Å². The molecule has 2 aromatic heterocycles. The molecule has 2 aromatic rings. The van der Waals surface area contributed by atoms with Gasteiger partial charge in [-0.2, -0.15) is 0 Å². The number of piperazine rings is 1. The van der Waals surface area contributed by atoms with E-state index in [1.54, 1.807) is 11.3 Å². The van der Waals surface area contributed by atoms with Gasteiger partial charge in [0, 0.05) is 50.0 Å². The number of nitrogens with one attached hydrogen (secondary N) is 1. The van der Waals surface area contributed by atoms with Crippen LogP contribution >= 0.6 is 11.3 Å². The average Bonchev–Trinajstić information content (AvgIpc) is 3.04. The highest BCUT2D eigenvalue weighted by Crippen LogP contribution is 2.32. The number of carbonyl (C=O) groups excluding carboxylic acids is 1. The molecule has 1 fully saturated rings. The lowest BCUT2D eigenvalue weighted by Crippen LogP contribution is -2.49. The molecule has 0 radical (unpaired) electrons. The van der Waals surface area contributed by atoms with Gasteiger partial charge in [0.2, 0.25) is 0 Å². The molecular weight excluding hydrogens is 346 g/mol. The highest BCUT2D eigenvalue weighted by atomic mass is 32.1. The molecule has 3 heterocycles. The zero-order chi connectivity index (χ0) is 17.9. The Balaban J connectivity index is 1.29. The molecule has 0 spiro atoms. The van der Waals surface area contributed by atoms with Crippen molar-refractivity contribution >= 4 is 22.5 Å². The summed E-state index contributed by atoms with van der Waals surface area (Å²) < 4.78 is 0. The maximum absolute atomic E-state index is 12.6. The second-order valence-electron chi connectivity index (χ2n) is 7.29. The van der Waals surface area contributed by atoms with Crippen molar-refractivity contribution in [2.45, 2.75) is 32.7 Å². The number of urea groups is 1. The van der Waals surface area contributed by atoms with E-state index in [0.29, 0.717) is 0 Å². The van der Waals surface area contributed by atoms with Gasteiger partial charge in [0.1, 0.15) is 0 Å². The minimum Gasteiger partial charge on any atom is -0.322 e. The van der Waals surface area contributed by atoms with E-state index in [0.717, 1.165) is 56.6 Å². The molecule has 0 saturated carbocycles. The third-order valence-corrected chi connectivity index (χ3v) is 6.25. The fraction of sp³-hybridized carbons (Fsp3) is 0.526. The number of hydrogen-bond acceptors (Lipinski definition) is 5. The molecule has 0 aromatic carbocycles. The summed E-state index contributed by atoms with van der Waals surface area (Å²) in [5.74, 6) is 0.722. The summed E-state index contributed by atoms with van der Waals surface area (Å²) in [7, 11) is 0. The van der Waals surface area contributed by atoms with Crippen molar-refractivity contribution in [2.24, 2.45) is 5.92 Å². The van der Waals surface area contributed by atoms with E-state index in [9.17, 15) is 4.79 Å². The maximum Gasteiger partial charge on any atom is 0.323 e. The topological polar surface area (TPSA) is 61.4 Å². The van der Waals surface area contributed by atoms with Crippen molar-refractivity contribution in [3.63, 3.8) is 0 Å². The zero-order valence-corrected chi connectivity index (χ0v) is 16.0. The maximum atomic E-state index is 12.6. The van der Waals surface area contributed by atoms with Crippen LogP contribution in [0.1, 0.15) is 29.5 Å². The van der Waals surface area contributed by atoms with Crippen LogP contribution in [0.15, 0.2) is 24.5 Å². The Hall–Kier alpha value is -1.99. The number of hydrogen-bond donors (Lipinski definition) is 1. The number of thiazole rings is 1. The van der Waals surface area contributed by atoms with Gasteiger partial charge in [-0.15, -0.1) is 11.3 Å². The number of rotatable bonds is 3. The standard InChI is InChI=1S/C19H25N5OS/c1-14-2-3-16-17(12-14)26-18(21-16)22-19(25)24-10-8-23(9-11-24)13-15-4-6-20-7-5-15/h4-7,14H,2-3,8-13H2,1H3,(H,21,22,25). The molecule has 26 heavy (non-hydrogen) atoms. The molecule has 1 aliphatic carbocycles. The van der Waals surface area contributed by atoms with Crippen LogP contribution in [0.2, 0.25) is 0 Å². The van der Waals surface area contributed by atoms with Gasteiger partial charge in [-0.05, 0) is 42.9 Å². The van der Waals surface area contributed by atoms with Gasteiger partial charge in [0.05, 0.1) is 5.69 Å². The highest BCUT2D eigenvalue weighted by Gasteiger charge is 2.24. The van der Waals surface area contributed by atoms with Crippen molar-refractivity contribution in [3.05, 3.63) is 40.7 Å². The lowest BCUT2D eigenvalue weighted by molar-refractivity contribution is 0.143. The third-order valence-electron chi connectivity index (χ3n) is 5.21. The van der Waals surface area contributed by atoms with E-state index in [2.05, 4.69) is 27.1 Å². The number of carbonyl (C=O) groups is 1. The lowest BCUT2D eigenvalue weighted by Gasteiger charge is -2.34. The Morgan fingerprint density at radius 2 is 2.04 bits per heavy atom. The average molecular weight is 372 g/mol. The first-order valence-electron chi connectivity index (χ1n) is 9.33. The highest BCUT2D eigenvalue weighted by molar-refractivity contribution is 7.15. The van der Waals surface area contributed by atoms with Crippen LogP contribution in [-0.2, 0) is 19.4 Å². The van der Waals surface area contributed by atoms with E-state index in [-0.39, 0.29) is 6.03 Å². The Labute approximate surface area is 158 Å². The monoisotopic (exact) mass is 371 g/mol. The Morgan fingerprint density at radius 1 is 1.27 bits per heavy atom. The van der Waals surface area contributed by atoms with E-state index in [1.165, 1.54) is 22.6 Å². The predicted octanol–water partition coefficient (Wildman–Crippen LogP) is 3.01. The summed E-state index contributed by atoms with van der Waals surface area (Å²) in [4.78, 5) is 26.9. The number of anilines is 1. The molecular formula is C19H25N5OS.